The Balaban J connectivity index is 1.36. The zero-order valence-corrected chi connectivity index (χ0v) is 19.7. The van der Waals surface area contributed by atoms with Gasteiger partial charge in [-0.05, 0) is 49.6 Å². The fraction of sp³-hybridized carbons (Fsp3) is 0.360. The van der Waals surface area contributed by atoms with E-state index in [-0.39, 0.29) is 24.1 Å². The number of rotatable bonds is 6. The summed E-state index contributed by atoms with van der Waals surface area (Å²) in [5.74, 6) is -0.598. The molecule has 0 spiro atoms. The molecule has 0 fully saturated rings. The highest BCUT2D eigenvalue weighted by Gasteiger charge is 2.32. The Hall–Kier alpha value is -3.13. The number of carbonyl (C=O) groups is 3. The third-order valence-electron chi connectivity index (χ3n) is 5.94. The van der Waals surface area contributed by atoms with Crippen molar-refractivity contribution in [2.45, 2.75) is 38.5 Å². The summed E-state index contributed by atoms with van der Waals surface area (Å²) >= 11 is 1.34. The lowest BCUT2D eigenvalue weighted by Gasteiger charge is -2.29. The first-order valence-electron chi connectivity index (χ1n) is 11.3. The molecule has 33 heavy (non-hydrogen) atoms. The van der Waals surface area contributed by atoms with E-state index in [0.29, 0.717) is 29.5 Å². The van der Waals surface area contributed by atoms with Gasteiger partial charge in [0.1, 0.15) is 5.25 Å². The van der Waals surface area contributed by atoms with Crippen LogP contribution >= 0.6 is 11.8 Å². The van der Waals surface area contributed by atoms with Crippen LogP contribution in [0.1, 0.15) is 41.8 Å². The quantitative estimate of drug-likeness (QED) is 0.707. The molecule has 0 bridgehead atoms. The van der Waals surface area contributed by atoms with Crippen LogP contribution in [0.15, 0.2) is 53.5 Å². The molecule has 0 aliphatic carbocycles. The van der Waals surface area contributed by atoms with E-state index in [1.807, 2.05) is 35.8 Å². The molecule has 1 unspecified atom stereocenters. The Morgan fingerprint density at radius 3 is 2.64 bits per heavy atom. The molecule has 1 atom stereocenters. The number of amides is 3. The second kappa shape index (κ2) is 10.2. The van der Waals surface area contributed by atoms with Gasteiger partial charge in [0, 0.05) is 43.9 Å². The molecule has 2 aliphatic heterocycles. The summed E-state index contributed by atoms with van der Waals surface area (Å²) in [6, 6.07) is 15.2. The molecule has 2 aromatic rings. The normalized spacial score (nSPS) is 17.4. The maximum Gasteiger partial charge on any atom is 0.262 e. The lowest BCUT2D eigenvalue weighted by molar-refractivity contribution is -0.121. The van der Waals surface area contributed by atoms with Crippen molar-refractivity contribution in [3.05, 3.63) is 65.2 Å². The van der Waals surface area contributed by atoms with E-state index in [9.17, 15) is 14.4 Å². The minimum atomic E-state index is -0.515. The highest BCUT2D eigenvalue weighted by Crippen LogP contribution is 2.28. The van der Waals surface area contributed by atoms with Crippen LogP contribution in [0.4, 0.5) is 5.69 Å². The van der Waals surface area contributed by atoms with Gasteiger partial charge in [-0.15, -0.1) is 0 Å². The molecule has 1 N–H and O–H groups in total. The number of hydrogen-bond donors (Lipinski definition) is 1. The smallest absolute Gasteiger partial charge is 0.262 e. The lowest BCUT2D eigenvalue weighted by atomic mass is 9.99. The van der Waals surface area contributed by atoms with Crippen LogP contribution in [0, 0.1) is 0 Å². The summed E-state index contributed by atoms with van der Waals surface area (Å²) in [6.45, 7) is 6.79. The SMILES string of the molecule is CCN(CC)C1=NC(=O)C(CC(=O)Nc2cccc(C(=O)N3CCc4ccccc4C3)c2)S1. The molecule has 4 rings (SSSR count). The van der Waals surface area contributed by atoms with Crippen molar-refractivity contribution >= 4 is 40.3 Å². The van der Waals surface area contributed by atoms with Crippen molar-refractivity contribution < 1.29 is 14.4 Å². The minimum Gasteiger partial charge on any atom is -0.352 e. The van der Waals surface area contributed by atoms with Gasteiger partial charge in [0.15, 0.2) is 5.17 Å². The van der Waals surface area contributed by atoms with Gasteiger partial charge in [-0.1, -0.05) is 42.1 Å². The number of aliphatic imine (C=N–C) groups is 1. The Labute approximate surface area is 198 Å². The maximum absolute atomic E-state index is 13.1. The first-order valence-corrected chi connectivity index (χ1v) is 12.2. The highest BCUT2D eigenvalue weighted by atomic mass is 32.2. The number of fused-ring (bicyclic) bond motifs is 1. The Morgan fingerprint density at radius 1 is 1.12 bits per heavy atom. The zero-order chi connectivity index (χ0) is 23.4. The molecule has 2 heterocycles. The molecule has 0 radical (unpaired) electrons. The van der Waals surface area contributed by atoms with E-state index in [4.69, 9.17) is 0 Å². The first kappa shape index (κ1) is 23.0. The molecule has 7 nitrogen and oxygen atoms in total. The number of anilines is 1. The second-order valence-electron chi connectivity index (χ2n) is 8.09. The molecule has 0 aromatic heterocycles. The molecule has 0 saturated heterocycles. The third-order valence-corrected chi connectivity index (χ3v) is 7.16. The van der Waals surface area contributed by atoms with Crippen LogP contribution in [0.3, 0.4) is 0 Å². The first-order chi connectivity index (χ1) is 16.0. The molecule has 2 aromatic carbocycles. The molecular weight excluding hydrogens is 436 g/mol. The average molecular weight is 465 g/mol. The van der Waals surface area contributed by atoms with Crippen molar-refractivity contribution in [2.24, 2.45) is 4.99 Å². The van der Waals surface area contributed by atoms with Crippen molar-refractivity contribution in [3.63, 3.8) is 0 Å². The standard InChI is InChI=1S/C25H28N4O3S/c1-3-28(4-2)25-27-23(31)21(33-25)15-22(30)26-20-11-7-10-18(14-20)24(32)29-13-12-17-8-5-6-9-19(17)16-29/h5-11,14,21H,3-4,12-13,15-16H2,1-2H3,(H,26,30). The highest BCUT2D eigenvalue weighted by molar-refractivity contribution is 8.15. The van der Waals surface area contributed by atoms with Gasteiger partial charge in [-0.3, -0.25) is 14.4 Å². The summed E-state index contributed by atoms with van der Waals surface area (Å²) < 4.78 is 0. The Bertz CT molecular complexity index is 1100. The lowest BCUT2D eigenvalue weighted by Crippen LogP contribution is -2.35. The summed E-state index contributed by atoms with van der Waals surface area (Å²) in [4.78, 5) is 45.9. The van der Waals surface area contributed by atoms with Gasteiger partial charge >= 0.3 is 0 Å². The number of nitrogens with zero attached hydrogens (tertiary/aromatic N) is 3. The second-order valence-corrected chi connectivity index (χ2v) is 9.26. The van der Waals surface area contributed by atoms with Gasteiger partial charge in [-0.25, -0.2) is 0 Å². The maximum atomic E-state index is 13.1. The number of nitrogens with one attached hydrogen (secondary N) is 1. The monoisotopic (exact) mass is 464 g/mol. The van der Waals surface area contributed by atoms with Crippen LogP contribution in [-0.4, -0.2) is 57.6 Å². The van der Waals surface area contributed by atoms with Crippen LogP contribution in [0.2, 0.25) is 0 Å². The number of thioether (sulfide) groups is 1. The van der Waals surface area contributed by atoms with E-state index in [1.54, 1.807) is 24.3 Å². The van der Waals surface area contributed by atoms with Crippen molar-refractivity contribution in [3.8, 4) is 0 Å². The minimum absolute atomic E-state index is 0.0405. The topological polar surface area (TPSA) is 82.1 Å². The van der Waals surface area contributed by atoms with Gasteiger partial charge in [-0.2, -0.15) is 4.99 Å². The fourth-order valence-corrected chi connectivity index (χ4v) is 5.29. The van der Waals surface area contributed by atoms with Crippen molar-refractivity contribution in [2.75, 3.05) is 25.0 Å². The summed E-state index contributed by atoms with van der Waals surface area (Å²) in [5.41, 5.74) is 3.54. The van der Waals surface area contributed by atoms with Gasteiger partial charge in [0.25, 0.3) is 11.8 Å². The van der Waals surface area contributed by atoms with Crippen molar-refractivity contribution in [1.29, 1.82) is 0 Å². The molecule has 3 amide bonds. The zero-order valence-electron chi connectivity index (χ0n) is 18.9. The summed E-state index contributed by atoms with van der Waals surface area (Å²) in [7, 11) is 0. The van der Waals surface area contributed by atoms with Crippen LogP contribution in [0.5, 0.6) is 0 Å². The van der Waals surface area contributed by atoms with Gasteiger partial charge in [0.05, 0.1) is 0 Å². The summed E-state index contributed by atoms with van der Waals surface area (Å²) in [5, 5.41) is 3.00. The van der Waals surface area contributed by atoms with Crippen LogP contribution in [-0.2, 0) is 22.6 Å². The molecule has 2 aliphatic rings. The number of carbonyl (C=O) groups excluding carboxylic acids is 3. The summed E-state index contributed by atoms with van der Waals surface area (Å²) in [6.07, 6.45) is 0.877. The van der Waals surface area contributed by atoms with Gasteiger partial charge < -0.3 is 15.1 Å². The van der Waals surface area contributed by atoms with Gasteiger partial charge in [0.2, 0.25) is 5.91 Å². The van der Waals surface area contributed by atoms with E-state index in [1.165, 1.54) is 22.9 Å². The Morgan fingerprint density at radius 2 is 1.88 bits per heavy atom. The number of amidine groups is 1. The third kappa shape index (κ3) is 5.27. The predicted molar refractivity (Wildman–Crippen MR) is 131 cm³/mol. The number of benzene rings is 2. The molecular formula is C25H28N4O3S. The van der Waals surface area contributed by atoms with E-state index in [0.717, 1.165) is 19.5 Å². The fourth-order valence-electron chi connectivity index (χ4n) is 4.10. The largest absolute Gasteiger partial charge is 0.352 e. The van der Waals surface area contributed by atoms with E-state index < -0.39 is 5.25 Å². The number of hydrogen-bond acceptors (Lipinski definition) is 5. The van der Waals surface area contributed by atoms with E-state index >= 15 is 0 Å². The molecule has 8 heteroatoms. The average Bonchev–Trinajstić information content (AvgIpc) is 3.18. The molecule has 0 saturated carbocycles. The Kier molecular flexibility index (Phi) is 7.13. The van der Waals surface area contributed by atoms with E-state index in [2.05, 4.69) is 22.4 Å². The predicted octanol–water partition coefficient (Wildman–Crippen LogP) is 3.55. The van der Waals surface area contributed by atoms with Crippen molar-refractivity contribution in [1.82, 2.24) is 9.80 Å². The molecule has 172 valence electrons. The van der Waals surface area contributed by atoms with Crippen LogP contribution in [0.25, 0.3) is 0 Å². The van der Waals surface area contributed by atoms with Crippen LogP contribution < -0.4 is 5.32 Å².